The summed E-state index contributed by atoms with van der Waals surface area (Å²) < 4.78 is 5.40. The number of ether oxygens (including phenoxy) is 1. The monoisotopic (exact) mass is 443 g/mol. The van der Waals surface area contributed by atoms with Crippen molar-refractivity contribution in [1.82, 2.24) is 0 Å². The molecule has 0 saturated carbocycles. The van der Waals surface area contributed by atoms with Crippen molar-refractivity contribution in [3.05, 3.63) is 95.1 Å². The predicted molar refractivity (Wildman–Crippen MR) is 138 cm³/mol. The van der Waals surface area contributed by atoms with Crippen LogP contribution < -0.4 is 4.74 Å². The lowest BCUT2D eigenvalue weighted by molar-refractivity contribution is 0.415. The lowest BCUT2D eigenvalue weighted by atomic mass is 9.75. The van der Waals surface area contributed by atoms with E-state index in [1.54, 1.807) is 7.11 Å². The summed E-state index contributed by atoms with van der Waals surface area (Å²) in [6, 6.07) is 27.7. The van der Waals surface area contributed by atoms with Crippen LogP contribution in [0, 0.1) is 11.3 Å². The number of nitrogens with zero attached hydrogens (tertiary/aromatic N) is 1. The predicted octanol–water partition coefficient (Wildman–Crippen LogP) is 7.39. The third-order valence-electron chi connectivity index (χ3n) is 7.46. The third-order valence-corrected chi connectivity index (χ3v) is 7.46. The second-order valence-corrected chi connectivity index (χ2v) is 9.17. The summed E-state index contributed by atoms with van der Waals surface area (Å²) in [4.78, 5) is 0. The van der Waals surface area contributed by atoms with Crippen molar-refractivity contribution >= 4 is 32.3 Å². The van der Waals surface area contributed by atoms with Crippen molar-refractivity contribution in [2.45, 2.75) is 31.6 Å². The van der Waals surface area contributed by atoms with E-state index in [0.29, 0.717) is 5.56 Å². The van der Waals surface area contributed by atoms with Crippen LogP contribution in [0.2, 0.25) is 0 Å². The highest BCUT2D eigenvalue weighted by Gasteiger charge is 2.27. The lowest BCUT2D eigenvalue weighted by Gasteiger charge is -2.29. The summed E-state index contributed by atoms with van der Waals surface area (Å²) in [7, 11) is 1.63. The average molecular weight is 444 g/mol. The van der Waals surface area contributed by atoms with Crippen LogP contribution in [0.4, 0.5) is 0 Å². The fourth-order valence-electron chi connectivity index (χ4n) is 5.85. The van der Waals surface area contributed by atoms with Gasteiger partial charge >= 0.3 is 0 Å². The first-order chi connectivity index (χ1) is 16.7. The normalized spacial score (nSPS) is 15.4. The first-order valence-electron chi connectivity index (χ1n) is 11.8. The first kappa shape index (κ1) is 20.6. The number of phenols is 1. The molecule has 0 spiro atoms. The van der Waals surface area contributed by atoms with Crippen LogP contribution in [-0.4, -0.2) is 12.2 Å². The molecule has 34 heavy (non-hydrogen) atoms. The molecular formula is C31H25NO2. The standard InChI is InChI=1S/C31H25NO2/c1-34-21-11-9-20-17-30(31(33)28(15-16-32)29(20)18-21)24-8-4-7-23-26-12-10-19-5-2-3-6-22(19)25(26)13-14-27(23)24/h2-3,5-6,9-14,17-18,24,33H,4,7-8,15H2,1H3. The van der Waals surface area contributed by atoms with E-state index in [1.165, 1.54) is 32.7 Å². The van der Waals surface area contributed by atoms with E-state index in [4.69, 9.17) is 4.74 Å². The van der Waals surface area contributed by atoms with Crippen LogP contribution in [-0.2, 0) is 12.8 Å². The topological polar surface area (TPSA) is 53.2 Å². The van der Waals surface area contributed by atoms with Crippen LogP contribution in [0.25, 0.3) is 32.3 Å². The molecule has 6 rings (SSSR count). The molecule has 0 fully saturated rings. The largest absolute Gasteiger partial charge is 0.507 e. The van der Waals surface area contributed by atoms with E-state index < -0.39 is 0 Å². The molecule has 166 valence electrons. The van der Waals surface area contributed by atoms with Gasteiger partial charge in [-0.25, -0.2) is 0 Å². The minimum absolute atomic E-state index is 0.101. The van der Waals surface area contributed by atoms with Gasteiger partial charge in [0.1, 0.15) is 11.5 Å². The highest BCUT2D eigenvalue weighted by molar-refractivity contribution is 6.08. The molecule has 0 saturated heterocycles. The van der Waals surface area contributed by atoms with Crippen molar-refractivity contribution in [1.29, 1.82) is 5.26 Å². The zero-order valence-electron chi connectivity index (χ0n) is 19.1. The summed E-state index contributed by atoms with van der Waals surface area (Å²) >= 11 is 0. The molecule has 0 amide bonds. The Kier molecular flexibility index (Phi) is 4.89. The van der Waals surface area contributed by atoms with E-state index in [1.807, 2.05) is 18.2 Å². The summed E-state index contributed by atoms with van der Waals surface area (Å²) in [6.45, 7) is 0. The molecule has 3 nitrogen and oxygen atoms in total. The highest BCUT2D eigenvalue weighted by atomic mass is 16.5. The number of nitriles is 1. The molecule has 0 bridgehead atoms. The molecule has 1 N–H and O–H groups in total. The SMILES string of the molecule is COc1ccc2cc(C3CCCc4c3ccc3c4ccc4ccccc43)c(O)c(CC#N)c2c1. The Morgan fingerprint density at radius 2 is 1.71 bits per heavy atom. The van der Waals surface area contributed by atoms with Crippen molar-refractivity contribution < 1.29 is 9.84 Å². The number of rotatable bonds is 3. The van der Waals surface area contributed by atoms with Gasteiger partial charge in [-0.15, -0.1) is 0 Å². The summed E-state index contributed by atoms with van der Waals surface area (Å²) in [5, 5.41) is 28.0. The fraction of sp³-hybridized carbons (Fsp3) is 0.194. The van der Waals surface area contributed by atoms with E-state index in [0.717, 1.165) is 41.3 Å². The average Bonchev–Trinajstić information content (AvgIpc) is 2.89. The zero-order valence-corrected chi connectivity index (χ0v) is 19.1. The van der Waals surface area contributed by atoms with Gasteiger partial charge in [-0.2, -0.15) is 5.26 Å². The van der Waals surface area contributed by atoms with E-state index >= 15 is 0 Å². The first-order valence-corrected chi connectivity index (χ1v) is 11.8. The number of aryl methyl sites for hydroxylation is 1. The quantitative estimate of drug-likeness (QED) is 0.296. The molecule has 0 radical (unpaired) electrons. The van der Waals surface area contributed by atoms with Gasteiger partial charge < -0.3 is 9.84 Å². The molecule has 5 aromatic carbocycles. The van der Waals surface area contributed by atoms with Gasteiger partial charge in [0.2, 0.25) is 0 Å². The van der Waals surface area contributed by atoms with Crippen LogP contribution in [0.15, 0.2) is 72.8 Å². The maximum Gasteiger partial charge on any atom is 0.124 e. The molecule has 1 atom stereocenters. The second kappa shape index (κ2) is 8.08. The summed E-state index contributed by atoms with van der Waals surface area (Å²) in [5.74, 6) is 1.07. The second-order valence-electron chi connectivity index (χ2n) is 9.17. The molecule has 0 heterocycles. The Balaban J connectivity index is 1.57. The Labute approximate surface area is 198 Å². The third kappa shape index (κ3) is 3.10. The molecule has 1 aliphatic rings. The van der Waals surface area contributed by atoms with Crippen molar-refractivity contribution in [2.75, 3.05) is 7.11 Å². The Morgan fingerprint density at radius 3 is 2.56 bits per heavy atom. The van der Waals surface area contributed by atoms with Gasteiger partial charge in [0.25, 0.3) is 0 Å². The molecule has 1 aliphatic carbocycles. The van der Waals surface area contributed by atoms with Crippen LogP contribution in [0.5, 0.6) is 11.5 Å². The van der Waals surface area contributed by atoms with E-state index in [-0.39, 0.29) is 18.1 Å². The number of phenolic OH excluding ortho intramolecular Hbond substituents is 1. The van der Waals surface area contributed by atoms with E-state index in [9.17, 15) is 10.4 Å². The van der Waals surface area contributed by atoms with Gasteiger partial charge in [-0.05, 0) is 80.9 Å². The molecule has 5 aromatic rings. The van der Waals surface area contributed by atoms with E-state index in [2.05, 4.69) is 60.7 Å². The van der Waals surface area contributed by atoms with Crippen LogP contribution >= 0.6 is 0 Å². The Bertz CT molecular complexity index is 1630. The number of aromatic hydroxyl groups is 1. The van der Waals surface area contributed by atoms with Crippen molar-refractivity contribution in [3.8, 4) is 17.6 Å². The summed E-state index contributed by atoms with van der Waals surface area (Å²) in [6.07, 6.45) is 3.25. The molecule has 1 unspecified atom stereocenters. The molecule has 3 heteroatoms. The molecular weight excluding hydrogens is 418 g/mol. The van der Waals surface area contributed by atoms with Gasteiger partial charge in [0.05, 0.1) is 19.6 Å². The van der Waals surface area contributed by atoms with Gasteiger partial charge in [-0.3, -0.25) is 0 Å². The van der Waals surface area contributed by atoms with Gasteiger partial charge in [0, 0.05) is 17.0 Å². The highest BCUT2D eigenvalue weighted by Crippen LogP contribution is 2.46. The molecule has 0 aromatic heterocycles. The minimum atomic E-state index is 0.101. The summed E-state index contributed by atoms with van der Waals surface area (Å²) in [5.41, 5.74) is 4.28. The number of hydrogen-bond acceptors (Lipinski definition) is 3. The Hall–Kier alpha value is -4.03. The maximum absolute atomic E-state index is 11.4. The zero-order chi connectivity index (χ0) is 23.2. The van der Waals surface area contributed by atoms with Gasteiger partial charge in [0.15, 0.2) is 0 Å². The van der Waals surface area contributed by atoms with Gasteiger partial charge in [-0.1, -0.05) is 54.6 Å². The lowest BCUT2D eigenvalue weighted by Crippen LogP contribution is -2.12. The molecule has 0 aliphatic heterocycles. The fourth-order valence-corrected chi connectivity index (χ4v) is 5.85. The van der Waals surface area contributed by atoms with Crippen LogP contribution in [0.3, 0.4) is 0 Å². The van der Waals surface area contributed by atoms with Crippen molar-refractivity contribution in [2.24, 2.45) is 0 Å². The number of methoxy groups -OCH3 is 1. The number of benzene rings is 5. The Morgan fingerprint density at radius 1 is 0.882 bits per heavy atom. The minimum Gasteiger partial charge on any atom is -0.507 e. The van der Waals surface area contributed by atoms with Crippen LogP contribution in [0.1, 0.15) is 41.0 Å². The number of fused-ring (bicyclic) bond motifs is 6. The number of hydrogen-bond donors (Lipinski definition) is 1. The van der Waals surface area contributed by atoms with Crippen molar-refractivity contribution in [3.63, 3.8) is 0 Å². The maximum atomic E-state index is 11.4. The smallest absolute Gasteiger partial charge is 0.124 e.